The molecule has 10 rings (SSSR count). The van der Waals surface area contributed by atoms with Crippen molar-refractivity contribution in [3.8, 4) is 33.4 Å². The van der Waals surface area contributed by atoms with E-state index in [9.17, 15) is 0 Å². The second kappa shape index (κ2) is 12.0. The average Bonchev–Trinajstić information content (AvgIpc) is 3.72. The zero-order valence-corrected chi connectivity index (χ0v) is 28.8. The van der Waals surface area contributed by atoms with Crippen LogP contribution in [0.1, 0.15) is 23.6 Å². The number of para-hydroxylation sites is 2. The van der Waals surface area contributed by atoms with Crippen molar-refractivity contribution in [1.82, 2.24) is 0 Å². The molecule has 0 saturated heterocycles. The summed E-state index contributed by atoms with van der Waals surface area (Å²) in [6, 6.07) is 70.1. The lowest BCUT2D eigenvalue weighted by atomic mass is 9.74. The second-order valence-corrected chi connectivity index (χ2v) is 13.8. The number of benzene rings is 8. The zero-order valence-electron chi connectivity index (χ0n) is 28.8. The van der Waals surface area contributed by atoms with E-state index in [1.54, 1.807) is 0 Å². The molecule has 0 bridgehead atoms. The molecule has 0 spiro atoms. The van der Waals surface area contributed by atoms with Gasteiger partial charge in [-0.05, 0) is 88.3 Å². The molecule has 52 heavy (non-hydrogen) atoms. The summed E-state index contributed by atoms with van der Waals surface area (Å²) in [5.74, 6) is 0. The van der Waals surface area contributed by atoms with Crippen molar-refractivity contribution in [3.63, 3.8) is 0 Å². The van der Waals surface area contributed by atoms with Gasteiger partial charge < -0.3 is 9.32 Å². The molecule has 0 fully saturated rings. The first kappa shape index (κ1) is 30.2. The Hall–Kier alpha value is -6.64. The first-order chi connectivity index (χ1) is 25.7. The van der Waals surface area contributed by atoms with Crippen molar-refractivity contribution in [2.24, 2.45) is 0 Å². The molecule has 1 unspecified atom stereocenters. The fraction of sp³-hybridized carbons (Fsp3) is 0.0400. The van der Waals surface area contributed by atoms with Gasteiger partial charge in [0.2, 0.25) is 0 Å². The number of anilines is 3. The Labute approximate surface area is 303 Å². The van der Waals surface area contributed by atoms with Gasteiger partial charge in [0.15, 0.2) is 0 Å². The Kier molecular flexibility index (Phi) is 6.97. The van der Waals surface area contributed by atoms with Gasteiger partial charge >= 0.3 is 0 Å². The Morgan fingerprint density at radius 1 is 0.423 bits per heavy atom. The standard InChI is InChI=1S/C50H35NO/c1-50(37-17-6-3-7-18-37)43-22-11-8-21-41(43)49-44(50)23-14-25-46(49)51(45-24-12-9-19-39(45)35-15-4-2-5-16-35)38-30-27-34(28-31-38)36-29-32-48-42(33-36)40-20-10-13-26-47(40)52-48/h2-33H,1H3. The quantitative estimate of drug-likeness (QED) is 0.176. The van der Waals surface area contributed by atoms with E-state index in [1.807, 2.05) is 12.1 Å². The number of hydrogen-bond donors (Lipinski definition) is 0. The van der Waals surface area contributed by atoms with E-state index in [-0.39, 0.29) is 5.41 Å². The van der Waals surface area contributed by atoms with Crippen molar-refractivity contribution in [3.05, 3.63) is 211 Å². The summed E-state index contributed by atoms with van der Waals surface area (Å²) < 4.78 is 6.14. The van der Waals surface area contributed by atoms with E-state index in [0.29, 0.717) is 0 Å². The van der Waals surface area contributed by atoms with Crippen LogP contribution in [0.25, 0.3) is 55.3 Å². The van der Waals surface area contributed by atoms with Crippen molar-refractivity contribution in [1.29, 1.82) is 0 Å². The highest BCUT2D eigenvalue weighted by molar-refractivity contribution is 6.06. The minimum atomic E-state index is -0.298. The van der Waals surface area contributed by atoms with Crippen LogP contribution in [-0.2, 0) is 5.41 Å². The SMILES string of the molecule is CC1(c2ccccc2)c2ccccc2-c2c(N(c3ccc(-c4ccc5oc6ccccc6c5c4)cc3)c3ccccc3-c3ccccc3)cccc21. The van der Waals surface area contributed by atoms with E-state index in [0.717, 1.165) is 50.1 Å². The molecule has 0 amide bonds. The van der Waals surface area contributed by atoms with E-state index in [1.165, 1.54) is 38.9 Å². The highest BCUT2D eigenvalue weighted by atomic mass is 16.3. The van der Waals surface area contributed by atoms with Crippen LogP contribution in [0.15, 0.2) is 199 Å². The number of fused-ring (bicyclic) bond motifs is 6. The maximum atomic E-state index is 6.14. The smallest absolute Gasteiger partial charge is 0.135 e. The van der Waals surface area contributed by atoms with Crippen molar-refractivity contribution in [2.75, 3.05) is 4.90 Å². The van der Waals surface area contributed by atoms with Crippen LogP contribution in [0.3, 0.4) is 0 Å². The Balaban J connectivity index is 1.18. The van der Waals surface area contributed by atoms with Gasteiger partial charge in [0, 0.05) is 33.0 Å². The fourth-order valence-corrected chi connectivity index (χ4v) is 8.44. The molecule has 0 saturated carbocycles. The summed E-state index contributed by atoms with van der Waals surface area (Å²) in [6.07, 6.45) is 0. The molecule has 2 nitrogen and oxygen atoms in total. The summed E-state index contributed by atoms with van der Waals surface area (Å²) in [4.78, 5) is 2.46. The number of rotatable bonds is 6. The summed E-state index contributed by atoms with van der Waals surface area (Å²) in [5, 5.41) is 2.27. The number of nitrogens with zero attached hydrogens (tertiary/aromatic N) is 1. The maximum absolute atomic E-state index is 6.14. The van der Waals surface area contributed by atoms with Gasteiger partial charge in [0.1, 0.15) is 11.2 Å². The molecule has 1 aliphatic rings. The van der Waals surface area contributed by atoms with Crippen LogP contribution in [-0.4, -0.2) is 0 Å². The molecular formula is C50H35NO. The van der Waals surface area contributed by atoms with Crippen LogP contribution in [0, 0.1) is 0 Å². The number of hydrogen-bond acceptors (Lipinski definition) is 2. The van der Waals surface area contributed by atoms with Gasteiger partial charge in [0.25, 0.3) is 0 Å². The second-order valence-electron chi connectivity index (χ2n) is 13.8. The first-order valence-corrected chi connectivity index (χ1v) is 17.9. The third-order valence-electron chi connectivity index (χ3n) is 11.0. The molecule has 2 heteroatoms. The topological polar surface area (TPSA) is 16.4 Å². The Morgan fingerprint density at radius 2 is 1.04 bits per heavy atom. The van der Waals surface area contributed by atoms with Gasteiger partial charge in [-0.15, -0.1) is 0 Å². The molecule has 0 radical (unpaired) electrons. The molecule has 1 atom stereocenters. The molecule has 1 aromatic heterocycles. The Bertz CT molecular complexity index is 2740. The van der Waals surface area contributed by atoms with Gasteiger partial charge in [-0.2, -0.15) is 0 Å². The average molecular weight is 666 g/mol. The van der Waals surface area contributed by atoms with E-state index >= 15 is 0 Å². The summed E-state index contributed by atoms with van der Waals surface area (Å²) >= 11 is 0. The van der Waals surface area contributed by atoms with E-state index in [2.05, 4.69) is 194 Å². The van der Waals surface area contributed by atoms with Gasteiger partial charge in [-0.25, -0.2) is 0 Å². The van der Waals surface area contributed by atoms with E-state index < -0.39 is 0 Å². The van der Waals surface area contributed by atoms with Crippen molar-refractivity contribution in [2.45, 2.75) is 12.3 Å². The molecule has 8 aromatic carbocycles. The monoisotopic (exact) mass is 665 g/mol. The summed E-state index contributed by atoms with van der Waals surface area (Å²) in [6.45, 7) is 2.38. The van der Waals surface area contributed by atoms with Gasteiger partial charge in [-0.3, -0.25) is 0 Å². The third-order valence-corrected chi connectivity index (χ3v) is 11.0. The van der Waals surface area contributed by atoms with Crippen LogP contribution < -0.4 is 4.90 Å². The molecular weight excluding hydrogens is 631 g/mol. The fourth-order valence-electron chi connectivity index (χ4n) is 8.44. The van der Waals surface area contributed by atoms with Crippen LogP contribution in [0.2, 0.25) is 0 Å². The first-order valence-electron chi connectivity index (χ1n) is 17.9. The van der Waals surface area contributed by atoms with Gasteiger partial charge in [-0.1, -0.05) is 152 Å². The minimum Gasteiger partial charge on any atom is -0.456 e. The van der Waals surface area contributed by atoms with Crippen molar-refractivity contribution < 1.29 is 4.42 Å². The molecule has 0 N–H and O–H groups in total. The largest absolute Gasteiger partial charge is 0.456 e. The lowest BCUT2D eigenvalue weighted by Gasteiger charge is -2.31. The predicted octanol–water partition coefficient (Wildman–Crippen LogP) is 13.7. The summed E-state index contributed by atoms with van der Waals surface area (Å²) in [5.41, 5.74) is 16.1. The van der Waals surface area contributed by atoms with E-state index in [4.69, 9.17) is 4.42 Å². The van der Waals surface area contributed by atoms with Gasteiger partial charge in [0.05, 0.1) is 11.4 Å². The third kappa shape index (κ3) is 4.65. The molecule has 1 aliphatic carbocycles. The lowest BCUT2D eigenvalue weighted by molar-refractivity contribution is 0.669. The Morgan fingerprint density at radius 3 is 1.87 bits per heavy atom. The van der Waals surface area contributed by atoms with Crippen LogP contribution in [0.5, 0.6) is 0 Å². The number of furan rings is 1. The predicted molar refractivity (Wildman–Crippen MR) is 217 cm³/mol. The maximum Gasteiger partial charge on any atom is 0.135 e. The normalized spacial score (nSPS) is 14.7. The highest BCUT2D eigenvalue weighted by Crippen LogP contribution is 2.57. The minimum absolute atomic E-state index is 0.298. The zero-order chi connectivity index (χ0) is 34.6. The molecule has 1 heterocycles. The molecule has 9 aromatic rings. The van der Waals surface area contributed by atoms with Crippen LogP contribution in [0.4, 0.5) is 17.1 Å². The lowest BCUT2D eigenvalue weighted by Crippen LogP contribution is -2.22. The molecule has 0 aliphatic heterocycles. The molecule has 246 valence electrons. The summed E-state index contributed by atoms with van der Waals surface area (Å²) in [7, 11) is 0. The van der Waals surface area contributed by atoms with Crippen molar-refractivity contribution >= 4 is 39.0 Å². The highest BCUT2D eigenvalue weighted by Gasteiger charge is 2.42. The van der Waals surface area contributed by atoms with Crippen LogP contribution >= 0.6 is 0 Å².